The van der Waals surface area contributed by atoms with Crippen molar-refractivity contribution in [2.75, 3.05) is 53.1 Å². The molecule has 210 valence electrons. The number of hydrogen-bond donors (Lipinski definition) is 2. The molecule has 0 aliphatic carbocycles. The second-order valence-corrected chi connectivity index (χ2v) is 10.4. The van der Waals surface area contributed by atoms with Gasteiger partial charge in [-0.05, 0) is 60.7 Å². The minimum atomic E-state index is -0.832. The number of ketones is 1. The van der Waals surface area contributed by atoms with Crippen molar-refractivity contribution in [3.63, 3.8) is 0 Å². The average molecular weight is 539 g/mol. The Balaban J connectivity index is 1.70. The van der Waals surface area contributed by atoms with Gasteiger partial charge >= 0.3 is 0 Å². The molecule has 2 heterocycles. The molecule has 4 rings (SSSR count). The largest absolute Gasteiger partial charge is 0.507 e. The highest BCUT2D eigenvalue weighted by Gasteiger charge is 2.46. The number of rotatable bonds is 10. The van der Waals surface area contributed by atoms with Crippen molar-refractivity contribution in [1.29, 1.82) is 0 Å². The Morgan fingerprint density at radius 1 is 1.08 bits per heavy atom. The molecule has 2 aliphatic rings. The Morgan fingerprint density at radius 2 is 1.82 bits per heavy atom. The van der Waals surface area contributed by atoms with Crippen molar-refractivity contribution in [2.24, 2.45) is 5.92 Å². The number of morpholine rings is 1. The van der Waals surface area contributed by atoms with Crippen LogP contribution in [0, 0.1) is 12.8 Å². The van der Waals surface area contributed by atoms with Crippen LogP contribution in [0.2, 0.25) is 0 Å². The SMILES string of the molecule is COc1cc([C@H]2/C(=C(\O)c3ccc(OCC(C)C)c(C)c3)C(=O)C(=O)N2CCCN2CCOCC2)ccc1O. The maximum Gasteiger partial charge on any atom is 0.295 e. The van der Waals surface area contributed by atoms with Gasteiger partial charge in [0.05, 0.1) is 38.5 Å². The van der Waals surface area contributed by atoms with Gasteiger partial charge < -0.3 is 29.3 Å². The number of ether oxygens (including phenoxy) is 3. The summed E-state index contributed by atoms with van der Waals surface area (Å²) in [5.41, 5.74) is 1.80. The molecular weight excluding hydrogens is 500 g/mol. The smallest absolute Gasteiger partial charge is 0.295 e. The number of carbonyl (C=O) groups is 2. The highest BCUT2D eigenvalue weighted by molar-refractivity contribution is 6.46. The van der Waals surface area contributed by atoms with Crippen LogP contribution in [-0.4, -0.2) is 84.8 Å². The molecule has 9 heteroatoms. The van der Waals surface area contributed by atoms with E-state index < -0.39 is 17.7 Å². The van der Waals surface area contributed by atoms with Crippen LogP contribution in [0.15, 0.2) is 42.0 Å². The van der Waals surface area contributed by atoms with Crippen LogP contribution >= 0.6 is 0 Å². The second-order valence-electron chi connectivity index (χ2n) is 10.4. The van der Waals surface area contributed by atoms with Crippen molar-refractivity contribution < 1.29 is 34.0 Å². The van der Waals surface area contributed by atoms with Gasteiger partial charge in [0.2, 0.25) is 0 Å². The molecule has 0 radical (unpaired) electrons. The molecule has 9 nitrogen and oxygen atoms in total. The maximum absolute atomic E-state index is 13.4. The molecule has 39 heavy (non-hydrogen) atoms. The van der Waals surface area contributed by atoms with Gasteiger partial charge in [-0.1, -0.05) is 19.9 Å². The number of amides is 1. The molecule has 2 aromatic rings. The fraction of sp³-hybridized carbons (Fsp3) is 0.467. The molecule has 2 saturated heterocycles. The normalized spacial score (nSPS) is 19.6. The van der Waals surface area contributed by atoms with Gasteiger partial charge in [0, 0.05) is 31.7 Å². The summed E-state index contributed by atoms with van der Waals surface area (Å²) in [6.45, 7) is 10.7. The molecule has 2 N–H and O–H groups in total. The highest BCUT2D eigenvalue weighted by Crippen LogP contribution is 2.42. The highest BCUT2D eigenvalue weighted by atomic mass is 16.5. The van der Waals surface area contributed by atoms with Gasteiger partial charge in [0.1, 0.15) is 11.5 Å². The van der Waals surface area contributed by atoms with Gasteiger partial charge in [-0.25, -0.2) is 0 Å². The summed E-state index contributed by atoms with van der Waals surface area (Å²) in [4.78, 5) is 30.5. The molecule has 2 fully saturated rings. The summed E-state index contributed by atoms with van der Waals surface area (Å²) >= 11 is 0. The van der Waals surface area contributed by atoms with E-state index >= 15 is 0 Å². The molecule has 0 saturated carbocycles. The van der Waals surface area contributed by atoms with E-state index in [0.29, 0.717) is 55.6 Å². The van der Waals surface area contributed by atoms with E-state index in [9.17, 15) is 19.8 Å². The van der Waals surface area contributed by atoms with Crippen molar-refractivity contribution >= 4 is 17.4 Å². The minimum Gasteiger partial charge on any atom is -0.507 e. The van der Waals surface area contributed by atoms with Crippen LogP contribution in [0.3, 0.4) is 0 Å². The lowest BCUT2D eigenvalue weighted by Crippen LogP contribution is -2.38. The zero-order valence-corrected chi connectivity index (χ0v) is 23.1. The van der Waals surface area contributed by atoms with Gasteiger partial charge in [-0.2, -0.15) is 0 Å². The third kappa shape index (κ3) is 6.37. The molecular formula is C30H38N2O7. The van der Waals surface area contributed by atoms with E-state index in [4.69, 9.17) is 14.2 Å². The van der Waals surface area contributed by atoms with Gasteiger partial charge in [0.15, 0.2) is 11.5 Å². The van der Waals surface area contributed by atoms with Crippen molar-refractivity contribution in [3.8, 4) is 17.2 Å². The zero-order valence-electron chi connectivity index (χ0n) is 23.1. The number of carbonyl (C=O) groups excluding carboxylic acids is 2. The predicted molar refractivity (Wildman–Crippen MR) is 147 cm³/mol. The van der Waals surface area contributed by atoms with Crippen LogP contribution in [0.5, 0.6) is 17.2 Å². The number of likely N-dealkylation sites (tertiary alicyclic amines) is 1. The van der Waals surface area contributed by atoms with Gasteiger partial charge in [-0.15, -0.1) is 0 Å². The first-order chi connectivity index (χ1) is 18.7. The summed E-state index contributed by atoms with van der Waals surface area (Å²) < 4.78 is 16.6. The van der Waals surface area contributed by atoms with E-state index in [1.807, 2.05) is 6.92 Å². The topological polar surface area (TPSA) is 109 Å². The number of Topliss-reactive ketones (excluding diaryl/α,β-unsaturated/α-hetero) is 1. The minimum absolute atomic E-state index is 0.00867. The summed E-state index contributed by atoms with van der Waals surface area (Å²) in [5.74, 6) is -0.438. The third-order valence-electron chi connectivity index (χ3n) is 7.06. The summed E-state index contributed by atoms with van der Waals surface area (Å²) in [7, 11) is 1.43. The van der Waals surface area contributed by atoms with E-state index in [-0.39, 0.29) is 22.8 Å². The number of aliphatic hydroxyl groups is 1. The van der Waals surface area contributed by atoms with Crippen LogP contribution in [-0.2, 0) is 14.3 Å². The quantitative estimate of drug-likeness (QED) is 0.267. The van der Waals surface area contributed by atoms with Crippen LogP contribution in [0.25, 0.3) is 5.76 Å². The molecule has 2 aromatic carbocycles. The third-order valence-corrected chi connectivity index (χ3v) is 7.06. The molecule has 0 spiro atoms. The Kier molecular flexibility index (Phi) is 9.14. The number of aliphatic hydroxyl groups excluding tert-OH is 1. The Bertz CT molecular complexity index is 1230. The van der Waals surface area contributed by atoms with Gasteiger partial charge in [-0.3, -0.25) is 14.5 Å². The predicted octanol–water partition coefficient (Wildman–Crippen LogP) is 3.89. The summed E-state index contributed by atoms with van der Waals surface area (Å²) in [5, 5.41) is 21.6. The van der Waals surface area contributed by atoms with E-state index in [2.05, 4.69) is 18.7 Å². The molecule has 1 amide bonds. The molecule has 0 bridgehead atoms. The van der Waals surface area contributed by atoms with Crippen LogP contribution in [0.1, 0.15) is 43.0 Å². The zero-order chi connectivity index (χ0) is 28.1. The van der Waals surface area contributed by atoms with E-state index in [0.717, 1.165) is 25.2 Å². The standard InChI is InChI=1S/C30H38N2O7/c1-19(2)18-39-24-9-7-22(16-20(24)3)28(34)26-27(21-6-8-23(33)25(17-21)37-4)32(30(36)29(26)35)11-5-10-31-12-14-38-15-13-31/h6-9,16-17,19,27,33-34H,5,10-15,18H2,1-4H3/b28-26+/t27-/m0/s1. The number of phenols is 1. The number of nitrogens with zero attached hydrogens (tertiary/aromatic N) is 2. The number of aryl methyl sites for hydroxylation is 1. The first kappa shape index (κ1) is 28.4. The molecule has 2 aliphatic heterocycles. The van der Waals surface area contributed by atoms with Crippen LogP contribution < -0.4 is 9.47 Å². The molecule has 0 unspecified atom stereocenters. The van der Waals surface area contributed by atoms with E-state index in [1.54, 1.807) is 30.3 Å². The van der Waals surface area contributed by atoms with E-state index in [1.165, 1.54) is 18.1 Å². The Labute approximate surface area is 229 Å². The Hall–Kier alpha value is -3.56. The van der Waals surface area contributed by atoms with Gasteiger partial charge in [0.25, 0.3) is 11.7 Å². The number of phenolic OH excluding ortho intramolecular Hbond substituents is 1. The first-order valence-corrected chi connectivity index (χ1v) is 13.4. The van der Waals surface area contributed by atoms with Crippen molar-refractivity contribution in [2.45, 2.75) is 33.2 Å². The average Bonchev–Trinajstić information content (AvgIpc) is 3.17. The second kappa shape index (κ2) is 12.5. The summed E-state index contributed by atoms with van der Waals surface area (Å²) in [6, 6.07) is 9.09. The van der Waals surface area contributed by atoms with Crippen LogP contribution in [0.4, 0.5) is 0 Å². The lowest BCUT2D eigenvalue weighted by atomic mass is 9.94. The first-order valence-electron chi connectivity index (χ1n) is 13.4. The fourth-order valence-corrected chi connectivity index (χ4v) is 4.98. The van der Waals surface area contributed by atoms with Crippen molar-refractivity contribution in [1.82, 2.24) is 9.80 Å². The number of methoxy groups -OCH3 is 1. The van der Waals surface area contributed by atoms with Crippen molar-refractivity contribution in [3.05, 3.63) is 58.7 Å². The number of aromatic hydroxyl groups is 1. The monoisotopic (exact) mass is 538 g/mol. The molecule has 0 aromatic heterocycles. The number of benzene rings is 2. The fourth-order valence-electron chi connectivity index (χ4n) is 4.98. The maximum atomic E-state index is 13.4. The molecule has 1 atom stereocenters. The number of hydrogen-bond acceptors (Lipinski definition) is 8. The lowest BCUT2D eigenvalue weighted by molar-refractivity contribution is -0.140. The Morgan fingerprint density at radius 3 is 2.49 bits per heavy atom. The lowest BCUT2D eigenvalue weighted by Gasteiger charge is -2.29. The summed E-state index contributed by atoms with van der Waals surface area (Å²) in [6.07, 6.45) is 0.653.